The Morgan fingerprint density at radius 2 is 2.14 bits per heavy atom. The zero-order valence-electron chi connectivity index (χ0n) is 3.47. The standard InChI is InChI=1S/C2H3BrO.HN3/c3-1-2-4;1-3-2/h2H,1H2;1H. The topological polar surface area (TPSA) is 77.3 Å². The Balaban J connectivity index is 0. The van der Waals surface area contributed by atoms with E-state index in [0.29, 0.717) is 5.33 Å². The third-order valence-electron chi connectivity index (χ3n) is 0.0630. The van der Waals surface area contributed by atoms with Crippen LogP contribution in [-0.4, -0.2) is 11.6 Å². The summed E-state index contributed by atoms with van der Waals surface area (Å²) in [6.45, 7) is 0. The molecule has 0 spiro atoms. The molecule has 1 N–H and O–H groups in total. The predicted molar refractivity (Wildman–Crippen MR) is 29.3 cm³/mol. The van der Waals surface area contributed by atoms with Crippen LogP contribution in [0.15, 0.2) is 0 Å². The Morgan fingerprint density at radius 1 is 2.00 bits per heavy atom. The minimum Gasteiger partial charge on any atom is -0.302 e. The molecule has 0 aromatic rings. The third-order valence-corrected chi connectivity index (χ3v) is 0.327. The van der Waals surface area contributed by atoms with Crippen LogP contribution in [0.1, 0.15) is 0 Å². The Labute approximate surface area is 49.1 Å². The van der Waals surface area contributed by atoms with Crippen molar-refractivity contribution in [3.63, 3.8) is 0 Å². The summed E-state index contributed by atoms with van der Waals surface area (Å²) in [6, 6.07) is 0. The fourth-order valence-electron chi connectivity index (χ4n) is 0. The van der Waals surface area contributed by atoms with Crippen LogP contribution < -0.4 is 0 Å². The quantitative estimate of drug-likeness (QED) is 0.206. The van der Waals surface area contributed by atoms with Crippen LogP contribution in [0.25, 0.3) is 10.4 Å². The van der Waals surface area contributed by atoms with E-state index in [4.69, 9.17) is 15.9 Å². The van der Waals surface area contributed by atoms with Gasteiger partial charge in [0.05, 0.1) is 5.33 Å². The molecule has 40 valence electrons. The fraction of sp³-hybridized carbons (Fsp3) is 0.500. The molecule has 0 aromatic heterocycles. The van der Waals surface area contributed by atoms with E-state index in [-0.39, 0.29) is 0 Å². The summed E-state index contributed by atoms with van der Waals surface area (Å²) in [4.78, 5) is 10.9. The van der Waals surface area contributed by atoms with Gasteiger partial charge in [0.15, 0.2) is 0 Å². The van der Waals surface area contributed by atoms with E-state index in [1.807, 2.05) is 0 Å². The van der Waals surface area contributed by atoms with Gasteiger partial charge in [0.2, 0.25) is 0 Å². The second kappa shape index (κ2) is 17.9. The van der Waals surface area contributed by atoms with Crippen molar-refractivity contribution in [1.29, 1.82) is 5.53 Å². The largest absolute Gasteiger partial charge is 0.302 e. The van der Waals surface area contributed by atoms with Crippen LogP contribution >= 0.6 is 15.9 Å². The number of nitrogens with one attached hydrogen (secondary N) is 1. The van der Waals surface area contributed by atoms with Gasteiger partial charge in [-0.3, -0.25) is 0 Å². The lowest BCUT2D eigenvalue weighted by atomic mass is 11.0. The molecule has 0 aliphatic heterocycles. The third kappa shape index (κ3) is 309. The molecule has 0 amide bonds. The van der Waals surface area contributed by atoms with E-state index in [9.17, 15) is 0 Å². The van der Waals surface area contributed by atoms with Crippen LogP contribution in [0.5, 0.6) is 0 Å². The number of alkyl halides is 1. The van der Waals surface area contributed by atoms with Gasteiger partial charge in [-0.25, -0.2) is 0 Å². The highest BCUT2D eigenvalue weighted by Gasteiger charge is 1.55. The van der Waals surface area contributed by atoms with Gasteiger partial charge in [-0.05, 0) is 10.4 Å². The molecular formula is C2H4BrN3O. The lowest BCUT2D eigenvalue weighted by Gasteiger charge is -1.49. The molecule has 5 heteroatoms. The summed E-state index contributed by atoms with van der Waals surface area (Å²) in [7, 11) is 0. The van der Waals surface area contributed by atoms with E-state index in [1.54, 1.807) is 4.91 Å². The second-order valence-electron chi connectivity index (χ2n) is 0.421. The minimum absolute atomic E-state index is 0.451. The molecular weight excluding hydrogens is 162 g/mol. The smallest absolute Gasteiger partial charge is 0.130 e. The summed E-state index contributed by atoms with van der Waals surface area (Å²) >= 11 is 2.88. The minimum atomic E-state index is 0.451. The second-order valence-corrected chi connectivity index (χ2v) is 1.07. The normalized spacial score (nSPS) is 4.71. The highest BCUT2D eigenvalue weighted by Crippen LogP contribution is 1.65. The zero-order chi connectivity index (χ0) is 6.12. The highest BCUT2D eigenvalue weighted by molar-refractivity contribution is 9.09. The summed E-state index contributed by atoms with van der Waals surface area (Å²) in [5.74, 6) is 0. The Bertz CT molecular complexity index is 67.3. The zero-order valence-corrected chi connectivity index (χ0v) is 5.05. The van der Waals surface area contributed by atoms with Crippen LogP contribution in [0, 0.1) is 5.53 Å². The van der Waals surface area contributed by atoms with Crippen molar-refractivity contribution in [3.8, 4) is 0 Å². The van der Waals surface area contributed by atoms with Gasteiger partial charge in [0, 0.05) is 0 Å². The summed E-state index contributed by atoms with van der Waals surface area (Å²) in [6.07, 6.45) is 0.792. The van der Waals surface area contributed by atoms with Gasteiger partial charge in [0.25, 0.3) is 0 Å². The number of carbonyl (C=O) groups excluding carboxylic acids is 1. The Morgan fingerprint density at radius 3 is 2.14 bits per heavy atom. The number of rotatable bonds is 1. The van der Waals surface area contributed by atoms with Gasteiger partial charge in [0.1, 0.15) is 6.29 Å². The molecule has 0 bridgehead atoms. The maximum atomic E-state index is 9.13. The predicted octanol–water partition coefficient (Wildman–Crippen LogP) is 1.46. The van der Waals surface area contributed by atoms with Gasteiger partial charge in [-0.2, -0.15) is 0 Å². The van der Waals surface area contributed by atoms with Gasteiger partial charge < -0.3 is 4.79 Å². The first-order chi connectivity index (χ1) is 3.33. The Hall–Kier alpha value is -0.540. The molecule has 0 fully saturated rings. The van der Waals surface area contributed by atoms with Crippen molar-refractivity contribution in [2.75, 3.05) is 5.33 Å². The van der Waals surface area contributed by atoms with E-state index < -0.39 is 0 Å². The maximum absolute atomic E-state index is 9.13. The van der Waals surface area contributed by atoms with E-state index >= 15 is 0 Å². The van der Waals surface area contributed by atoms with Crippen molar-refractivity contribution < 1.29 is 4.79 Å². The van der Waals surface area contributed by atoms with Crippen molar-refractivity contribution >= 4 is 22.2 Å². The number of carbonyl (C=O) groups is 1. The molecule has 0 aliphatic carbocycles. The van der Waals surface area contributed by atoms with E-state index in [2.05, 4.69) is 15.9 Å². The van der Waals surface area contributed by atoms with Crippen molar-refractivity contribution in [2.45, 2.75) is 0 Å². The van der Waals surface area contributed by atoms with E-state index in [1.165, 1.54) is 0 Å². The first kappa shape index (κ1) is 9.68. The molecule has 0 rings (SSSR count). The maximum Gasteiger partial charge on any atom is 0.130 e. The molecule has 0 saturated carbocycles. The fourth-order valence-corrected chi connectivity index (χ4v) is 0. The molecule has 0 aliphatic rings. The molecule has 0 atom stereocenters. The first-order valence-electron chi connectivity index (χ1n) is 1.33. The van der Waals surface area contributed by atoms with Crippen molar-refractivity contribution in [2.24, 2.45) is 0 Å². The molecule has 0 unspecified atom stereocenters. The van der Waals surface area contributed by atoms with Gasteiger partial charge >= 0.3 is 0 Å². The summed E-state index contributed by atoms with van der Waals surface area (Å²) in [5.41, 5.74) is 12.2. The summed E-state index contributed by atoms with van der Waals surface area (Å²) < 4.78 is 0. The van der Waals surface area contributed by atoms with Crippen LogP contribution in [-0.2, 0) is 4.79 Å². The number of aldehydes is 1. The monoisotopic (exact) mass is 165 g/mol. The lowest BCUT2D eigenvalue weighted by molar-refractivity contribution is -0.105. The lowest BCUT2D eigenvalue weighted by Crippen LogP contribution is -1.61. The number of halogens is 1. The SMILES string of the molecule is O=CCBr.[N-]=[N+]=N. The van der Waals surface area contributed by atoms with Crippen LogP contribution in [0.3, 0.4) is 0 Å². The van der Waals surface area contributed by atoms with Gasteiger partial charge in [-0.1, -0.05) is 15.9 Å². The average molecular weight is 166 g/mol. The molecule has 0 heterocycles. The number of nitrogens with zero attached hydrogens (tertiary/aromatic N) is 2. The molecule has 7 heavy (non-hydrogen) atoms. The molecule has 0 aromatic carbocycles. The number of hydrogen-bond donors (Lipinski definition) is 1. The van der Waals surface area contributed by atoms with Gasteiger partial charge in [-0.15, -0.1) is 5.53 Å². The average Bonchev–Trinajstić information content (AvgIpc) is 1.69. The van der Waals surface area contributed by atoms with Crippen LogP contribution in [0.4, 0.5) is 0 Å². The van der Waals surface area contributed by atoms with E-state index in [0.717, 1.165) is 6.29 Å². The summed E-state index contributed by atoms with van der Waals surface area (Å²) in [5, 5.41) is 0.451. The van der Waals surface area contributed by atoms with Crippen LogP contribution in [0.2, 0.25) is 0 Å². The Kier molecular flexibility index (Phi) is 24.8. The van der Waals surface area contributed by atoms with Crippen molar-refractivity contribution in [3.05, 3.63) is 10.4 Å². The number of hydrogen-bond acceptors (Lipinski definition) is 2. The molecule has 0 radical (unpaired) electrons. The molecule has 4 nitrogen and oxygen atoms in total. The first-order valence-corrected chi connectivity index (χ1v) is 2.46. The highest BCUT2D eigenvalue weighted by atomic mass is 79.9. The molecule has 0 saturated heterocycles. The van der Waals surface area contributed by atoms with Crippen molar-refractivity contribution in [1.82, 2.24) is 0 Å².